The third kappa shape index (κ3) is 2.20. The van der Waals surface area contributed by atoms with E-state index in [1.807, 2.05) is 13.8 Å². The molecule has 0 spiro atoms. The van der Waals surface area contributed by atoms with Crippen LogP contribution in [0.2, 0.25) is 0 Å². The summed E-state index contributed by atoms with van der Waals surface area (Å²) in [5.41, 5.74) is 1.40. The summed E-state index contributed by atoms with van der Waals surface area (Å²) in [4.78, 5) is 23.8. The molecule has 0 radical (unpaired) electrons. The maximum absolute atomic E-state index is 11.3. The molecule has 2 rings (SSSR count). The molecule has 0 fully saturated rings. The van der Waals surface area contributed by atoms with Crippen LogP contribution in [0.1, 0.15) is 24.1 Å². The third-order valence-electron chi connectivity index (χ3n) is 3.51. The molecule has 2 heterocycles. The Labute approximate surface area is 122 Å². The number of nitrogens with zero attached hydrogens (tertiary/aromatic N) is 5. The van der Waals surface area contributed by atoms with Crippen molar-refractivity contribution < 1.29 is 9.41 Å². The minimum Gasteiger partial charge on any atom is -0.259 e. The van der Waals surface area contributed by atoms with Gasteiger partial charge in [0.05, 0.1) is 18.5 Å². The van der Waals surface area contributed by atoms with E-state index in [1.165, 1.54) is 0 Å². The van der Waals surface area contributed by atoms with Gasteiger partial charge in [-0.1, -0.05) is 0 Å². The summed E-state index contributed by atoms with van der Waals surface area (Å²) in [6.45, 7) is 6.02. The van der Waals surface area contributed by atoms with Crippen molar-refractivity contribution in [3.63, 3.8) is 0 Å². The van der Waals surface area contributed by atoms with Crippen molar-refractivity contribution in [2.24, 2.45) is 4.99 Å². The first kappa shape index (κ1) is 14.6. The molecule has 1 aromatic heterocycles. The van der Waals surface area contributed by atoms with Crippen molar-refractivity contribution in [1.29, 1.82) is 0 Å². The second-order valence-corrected chi connectivity index (χ2v) is 5.38. The van der Waals surface area contributed by atoms with E-state index in [0.29, 0.717) is 23.9 Å². The Balaban J connectivity index is 2.58. The summed E-state index contributed by atoms with van der Waals surface area (Å²) >= 11 is 5.09. The van der Waals surface area contributed by atoms with Gasteiger partial charge in [-0.05, 0) is 39.1 Å². The minimum absolute atomic E-state index is 0.0295. The van der Waals surface area contributed by atoms with Gasteiger partial charge in [-0.2, -0.15) is 4.99 Å². The van der Waals surface area contributed by atoms with E-state index < -0.39 is 6.17 Å². The van der Waals surface area contributed by atoms with Crippen LogP contribution in [-0.2, 0) is 0 Å². The predicted octanol–water partition coefficient (Wildman–Crippen LogP) is 1.25. The van der Waals surface area contributed by atoms with Crippen molar-refractivity contribution >= 4 is 23.0 Å². The molecule has 106 valence electrons. The Morgan fingerprint density at radius 2 is 2.10 bits per heavy atom. The molecule has 0 bridgehead atoms. The number of quaternary nitrogens is 1. The van der Waals surface area contributed by atoms with E-state index in [0.717, 1.165) is 5.69 Å². The van der Waals surface area contributed by atoms with Gasteiger partial charge >= 0.3 is 6.17 Å². The summed E-state index contributed by atoms with van der Waals surface area (Å²) in [5, 5.41) is 11.3. The van der Waals surface area contributed by atoms with Crippen LogP contribution in [0.3, 0.4) is 0 Å². The van der Waals surface area contributed by atoms with Gasteiger partial charge in [0.15, 0.2) is 0 Å². The molecule has 0 saturated carbocycles. The largest absolute Gasteiger partial charge is 0.395 e. The lowest BCUT2D eigenvalue weighted by molar-refractivity contribution is -0.921. The van der Waals surface area contributed by atoms with Gasteiger partial charge in [0, 0.05) is 5.69 Å². The summed E-state index contributed by atoms with van der Waals surface area (Å²) in [5.74, 6) is 1.15. The van der Waals surface area contributed by atoms with Crippen LogP contribution < -0.4 is 0 Å². The number of hydrogen-bond donors (Lipinski definition) is 0. The zero-order valence-corrected chi connectivity index (χ0v) is 12.6. The Morgan fingerprint density at radius 3 is 2.60 bits per heavy atom. The number of amidine groups is 1. The normalized spacial score (nSPS) is 25.7. The maximum atomic E-state index is 11.3. The van der Waals surface area contributed by atoms with Gasteiger partial charge in [-0.15, -0.1) is 0 Å². The van der Waals surface area contributed by atoms with E-state index >= 15 is 0 Å². The molecule has 2 unspecified atom stereocenters. The zero-order valence-electron chi connectivity index (χ0n) is 11.8. The second-order valence-electron chi connectivity index (χ2n) is 4.96. The van der Waals surface area contributed by atoms with E-state index in [1.54, 1.807) is 20.0 Å². The fraction of sp³-hybridized carbons (Fsp3) is 0.500. The second kappa shape index (κ2) is 4.95. The standard InChI is InChI=1S/C12H16N5O2S/c1-5-17(4)10(15-11(20)12(17)16(18)19)9-6-7(2)13-8(3)14-9/h6,12H,5H2,1-4H3/q+1. The monoisotopic (exact) mass is 294 g/mol. The van der Waals surface area contributed by atoms with Crippen LogP contribution in [0.15, 0.2) is 11.1 Å². The Bertz CT molecular complexity index is 610. The molecule has 0 aliphatic carbocycles. The Kier molecular flexibility index (Phi) is 3.61. The van der Waals surface area contributed by atoms with Gasteiger partial charge in [-0.25, -0.2) is 14.5 Å². The highest BCUT2D eigenvalue weighted by Gasteiger charge is 2.54. The van der Waals surface area contributed by atoms with E-state index in [4.69, 9.17) is 12.2 Å². The highest BCUT2D eigenvalue weighted by atomic mass is 32.1. The van der Waals surface area contributed by atoms with Crippen molar-refractivity contribution in [2.75, 3.05) is 13.6 Å². The number of hydrogen-bond acceptors (Lipinski definition) is 5. The lowest BCUT2D eigenvalue weighted by atomic mass is 10.2. The van der Waals surface area contributed by atoms with Crippen molar-refractivity contribution in [3.05, 3.63) is 33.4 Å². The quantitative estimate of drug-likeness (QED) is 0.363. The zero-order chi connectivity index (χ0) is 15.1. The van der Waals surface area contributed by atoms with Crippen molar-refractivity contribution in [1.82, 2.24) is 9.97 Å². The molecular formula is C12H16N5O2S+. The van der Waals surface area contributed by atoms with Crippen molar-refractivity contribution in [2.45, 2.75) is 26.9 Å². The maximum Gasteiger partial charge on any atom is 0.395 e. The molecule has 7 nitrogen and oxygen atoms in total. The first-order chi connectivity index (χ1) is 9.29. The van der Waals surface area contributed by atoms with Crippen LogP contribution in [0.25, 0.3) is 0 Å². The molecule has 1 aliphatic rings. The third-order valence-corrected chi connectivity index (χ3v) is 3.81. The minimum atomic E-state index is -1.03. The fourth-order valence-corrected chi connectivity index (χ4v) is 2.81. The molecule has 20 heavy (non-hydrogen) atoms. The SMILES string of the molecule is CC[N+]1(C)C(c2cc(C)nc(C)n2)=NC(=S)C1[N+](=O)[O-]. The van der Waals surface area contributed by atoms with Gasteiger partial charge in [-0.3, -0.25) is 10.1 Å². The molecule has 1 aromatic rings. The number of aryl methyl sites for hydroxylation is 2. The van der Waals surface area contributed by atoms with E-state index in [9.17, 15) is 10.1 Å². The fourth-order valence-electron chi connectivity index (χ4n) is 2.41. The number of rotatable bonds is 3. The smallest absolute Gasteiger partial charge is 0.259 e. The van der Waals surface area contributed by atoms with Crippen LogP contribution in [0, 0.1) is 24.0 Å². The average molecular weight is 294 g/mol. The highest BCUT2D eigenvalue weighted by molar-refractivity contribution is 7.80. The van der Waals surface area contributed by atoms with Gasteiger partial charge in [0.1, 0.15) is 11.5 Å². The van der Waals surface area contributed by atoms with Gasteiger partial charge in [0.25, 0.3) is 5.84 Å². The van der Waals surface area contributed by atoms with Crippen LogP contribution in [-0.4, -0.2) is 50.0 Å². The van der Waals surface area contributed by atoms with E-state index in [-0.39, 0.29) is 14.4 Å². The first-order valence-corrected chi connectivity index (χ1v) is 6.65. The highest BCUT2D eigenvalue weighted by Crippen LogP contribution is 2.25. The molecule has 1 aliphatic heterocycles. The van der Waals surface area contributed by atoms with Crippen LogP contribution in [0.5, 0.6) is 0 Å². The number of nitro groups is 1. The first-order valence-electron chi connectivity index (χ1n) is 6.24. The van der Waals surface area contributed by atoms with Crippen molar-refractivity contribution in [3.8, 4) is 0 Å². The summed E-state index contributed by atoms with van der Waals surface area (Å²) in [7, 11) is 1.76. The molecule has 0 amide bonds. The lowest BCUT2D eigenvalue weighted by Crippen LogP contribution is -2.58. The Morgan fingerprint density at radius 1 is 1.45 bits per heavy atom. The number of thiocarbonyl (C=S) groups is 1. The molecule has 0 saturated heterocycles. The number of aromatic nitrogens is 2. The van der Waals surface area contributed by atoms with Crippen LogP contribution >= 0.6 is 12.2 Å². The number of aliphatic imine (C=N–C) groups is 1. The summed E-state index contributed by atoms with van der Waals surface area (Å²) < 4.78 is 0.0295. The Hall–Kier alpha value is -1.80. The predicted molar refractivity (Wildman–Crippen MR) is 78.1 cm³/mol. The topological polar surface area (TPSA) is 81.3 Å². The lowest BCUT2D eigenvalue weighted by Gasteiger charge is -2.28. The molecule has 8 heteroatoms. The van der Waals surface area contributed by atoms with Crippen LogP contribution in [0.4, 0.5) is 0 Å². The summed E-state index contributed by atoms with van der Waals surface area (Å²) in [6, 6.07) is 1.78. The molecule has 2 atom stereocenters. The van der Waals surface area contributed by atoms with Gasteiger partial charge in [0.2, 0.25) is 4.99 Å². The average Bonchev–Trinajstić information content (AvgIpc) is 2.60. The molecular weight excluding hydrogens is 278 g/mol. The molecule has 0 N–H and O–H groups in total. The summed E-state index contributed by atoms with van der Waals surface area (Å²) in [6.07, 6.45) is -1.03. The molecule has 0 aromatic carbocycles. The number of likely N-dealkylation sites (N-methyl/N-ethyl adjacent to an activating group) is 1. The van der Waals surface area contributed by atoms with Gasteiger partial charge < -0.3 is 0 Å². The van der Waals surface area contributed by atoms with E-state index in [2.05, 4.69) is 15.0 Å².